The number of ether oxygens (including phenoxy) is 1. The molecule has 1 aromatic carbocycles. The van der Waals surface area contributed by atoms with Gasteiger partial charge < -0.3 is 10.1 Å². The number of thiophene rings is 1. The summed E-state index contributed by atoms with van der Waals surface area (Å²) in [6.45, 7) is 3.66. The van der Waals surface area contributed by atoms with E-state index in [0.717, 1.165) is 21.9 Å². The summed E-state index contributed by atoms with van der Waals surface area (Å²) in [4.78, 5) is 29.5. The van der Waals surface area contributed by atoms with Crippen molar-refractivity contribution in [3.05, 3.63) is 64.0 Å². The Labute approximate surface area is 166 Å². The normalized spacial score (nSPS) is 11.8. The van der Waals surface area contributed by atoms with Gasteiger partial charge in [-0.1, -0.05) is 37.3 Å². The van der Waals surface area contributed by atoms with Gasteiger partial charge in [0.25, 0.3) is 5.91 Å². The van der Waals surface area contributed by atoms with Crippen molar-refractivity contribution in [3.63, 3.8) is 0 Å². The molecule has 1 N–H and O–H groups in total. The van der Waals surface area contributed by atoms with Crippen LogP contribution in [0.2, 0.25) is 0 Å². The summed E-state index contributed by atoms with van der Waals surface area (Å²) in [5.41, 5.74) is 2.47. The van der Waals surface area contributed by atoms with E-state index >= 15 is 0 Å². The van der Waals surface area contributed by atoms with Gasteiger partial charge in [-0.15, -0.1) is 22.7 Å². The highest BCUT2D eigenvalue weighted by atomic mass is 32.1. The molecule has 140 valence electrons. The number of hydrogen-bond acceptors (Lipinski definition) is 6. The minimum Gasteiger partial charge on any atom is -0.451 e. The molecule has 3 aromatic rings. The highest BCUT2D eigenvalue weighted by Gasteiger charge is 2.16. The van der Waals surface area contributed by atoms with Crippen LogP contribution in [-0.4, -0.2) is 23.5 Å². The standard InChI is InChI=1S/C20H20N2O3S2/c1-3-14-6-8-15(9-7-14)13(2)21-18(23)11-25-20(24)16-12-27-19(22-16)17-5-4-10-26-17/h4-10,12-13H,3,11H2,1-2H3,(H,21,23)/t13-/m1/s1. The molecule has 27 heavy (non-hydrogen) atoms. The van der Waals surface area contributed by atoms with E-state index in [4.69, 9.17) is 4.74 Å². The van der Waals surface area contributed by atoms with E-state index in [1.54, 1.807) is 16.7 Å². The number of aromatic nitrogens is 1. The molecule has 2 heterocycles. The zero-order valence-electron chi connectivity index (χ0n) is 15.1. The summed E-state index contributed by atoms with van der Waals surface area (Å²) in [5, 5.41) is 7.21. The third kappa shape index (κ3) is 5.02. The molecular formula is C20H20N2O3S2. The fourth-order valence-electron chi connectivity index (χ4n) is 2.49. The number of amides is 1. The molecular weight excluding hydrogens is 380 g/mol. The van der Waals surface area contributed by atoms with Gasteiger partial charge in [0.2, 0.25) is 0 Å². The number of carbonyl (C=O) groups excluding carboxylic acids is 2. The predicted molar refractivity (Wildman–Crippen MR) is 108 cm³/mol. The maximum Gasteiger partial charge on any atom is 0.358 e. The highest BCUT2D eigenvalue weighted by Crippen LogP contribution is 2.27. The molecule has 2 aromatic heterocycles. The maximum absolute atomic E-state index is 12.1. The van der Waals surface area contributed by atoms with Gasteiger partial charge in [-0.3, -0.25) is 4.79 Å². The van der Waals surface area contributed by atoms with E-state index < -0.39 is 5.97 Å². The average Bonchev–Trinajstić information content (AvgIpc) is 3.37. The maximum atomic E-state index is 12.1. The SMILES string of the molecule is CCc1ccc([C@@H](C)NC(=O)COC(=O)c2csc(-c3cccs3)n2)cc1. The number of thiazole rings is 1. The molecule has 0 aliphatic heterocycles. The minimum atomic E-state index is -0.593. The van der Waals surface area contributed by atoms with Crippen LogP contribution in [0.25, 0.3) is 9.88 Å². The van der Waals surface area contributed by atoms with Crippen LogP contribution in [0.3, 0.4) is 0 Å². The molecule has 0 fully saturated rings. The van der Waals surface area contributed by atoms with Gasteiger partial charge in [0.1, 0.15) is 5.01 Å². The molecule has 0 aliphatic carbocycles. The van der Waals surface area contributed by atoms with Gasteiger partial charge in [-0.25, -0.2) is 9.78 Å². The van der Waals surface area contributed by atoms with Crippen LogP contribution < -0.4 is 5.32 Å². The van der Waals surface area contributed by atoms with Crippen LogP contribution in [-0.2, 0) is 16.0 Å². The lowest BCUT2D eigenvalue weighted by molar-refractivity contribution is -0.124. The fourth-order valence-corrected chi connectivity index (χ4v) is 4.10. The topological polar surface area (TPSA) is 68.3 Å². The number of carbonyl (C=O) groups is 2. The molecule has 0 aliphatic rings. The third-order valence-electron chi connectivity index (χ3n) is 4.05. The number of benzene rings is 1. The fraction of sp³-hybridized carbons (Fsp3) is 0.250. The van der Waals surface area contributed by atoms with Crippen molar-refractivity contribution in [2.75, 3.05) is 6.61 Å². The Hall–Kier alpha value is -2.51. The predicted octanol–water partition coefficient (Wildman–Crippen LogP) is 4.47. The van der Waals surface area contributed by atoms with Crippen LogP contribution in [0.1, 0.15) is 41.5 Å². The third-order valence-corrected chi connectivity index (χ3v) is 5.93. The Bertz CT molecular complexity index is 902. The molecule has 0 saturated carbocycles. The number of aryl methyl sites for hydroxylation is 1. The Kier molecular flexibility index (Phi) is 6.36. The van der Waals surface area contributed by atoms with Crippen molar-refractivity contribution >= 4 is 34.6 Å². The van der Waals surface area contributed by atoms with Crippen LogP contribution in [0.5, 0.6) is 0 Å². The first-order valence-corrected chi connectivity index (χ1v) is 10.4. The van der Waals surface area contributed by atoms with Crippen molar-refractivity contribution in [2.24, 2.45) is 0 Å². The number of nitrogens with one attached hydrogen (secondary N) is 1. The molecule has 0 radical (unpaired) electrons. The summed E-state index contributed by atoms with van der Waals surface area (Å²) in [7, 11) is 0. The smallest absolute Gasteiger partial charge is 0.358 e. The first-order valence-electron chi connectivity index (χ1n) is 8.61. The van der Waals surface area contributed by atoms with E-state index in [-0.39, 0.29) is 24.2 Å². The second-order valence-electron chi connectivity index (χ2n) is 5.98. The Morgan fingerprint density at radius 2 is 1.96 bits per heavy atom. The Balaban J connectivity index is 1.50. The zero-order valence-corrected chi connectivity index (χ0v) is 16.7. The monoisotopic (exact) mass is 400 g/mol. The van der Waals surface area contributed by atoms with Crippen molar-refractivity contribution in [2.45, 2.75) is 26.3 Å². The molecule has 0 unspecified atom stereocenters. The van der Waals surface area contributed by atoms with Gasteiger partial charge in [-0.2, -0.15) is 0 Å². The van der Waals surface area contributed by atoms with Crippen LogP contribution in [0, 0.1) is 0 Å². The Morgan fingerprint density at radius 3 is 2.63 bits per heavy atom. The molecule has 0 spiro atoms. The minimum absolute atomic E-state index is 0.160. The largest absolute Gasteiger partial charge is 0.451 e. The molecule has 0 bridgehead atoms. The second kappa shape index (κ2) is 8.92. The van der Waals surface area contributed by atoms with Gasteiger partial charge in [0.05, 0.1) is 10.9 Å². The number of nitrogens with zero attached hydrogens (tertiary/aromatic N) is 1. The molecule has 1 atom stereocenters. The average molecular weight is 401 g/mol. The van der Waals surface area contributed by atoms with E-state index in [0.29, 0.717) is 0 Å². The van der Waals surface area contributed by atoms with Gasteiger partial charge in [0.15, 0.2) is 12.3 Å². The van der Waals surface area contributed by atoms with E-state index in [1.165, 1.54) is 16.9 Å². The summed E-state index contributed by atoms with van der Waals surface area (Å²) < 4.78 is 5.09. The molecule has 1 amide bonds. The van der Waals surface area contributed by atoms with Crippen molar-refractivity contribution in [1.82, 2.24) is 10.3 Å². The lowest BCUT2D eigenvalue weighted by atomic mass is 10.1. The summed E-state index contributed by atoms with van der Waals surface area (Å²) in [6, 6.07) is 11.8. The van der Waals surface area contributed by atoms with Crippen LogP contribution >= 0.6 is 22.7 Å². The molecule has 5 nitrogen and oxygen atoms in total. The summed E-state index contributed by atoms with van der Waals surface area (Å²) in [5.74, 6) is -0.937. The summed E-state index contributed by atoms with van der Waals surface area (Å²) in [6.07, 6.45) is 0.974. The zero-order chi connectivity index (χ0) is 19.2. The Morgan fingerprint density at radius 1 is 1.19 bits per heavy atom. The lowest BCUT2D eigenvalue weighted by Crippen LogP contribution is -2.31. The van der Waals surface area contributed by atoms with Gasteiger partial charge >= 0.3 is 5.97 Å². The quantitative estimate of drug-likeness (QED) is 0.594. The first-order chi connectivity index (χ1) is 13.1. The van der Waals surface area contributed by atoms with E-state index in [9.17, 15) is 9.59 Å². The van der Waals surface area contributed by atoms with Crippen molar-refractivity contribution in [3.8, 4) is 9.88 Å². The van der Waals surface area contributed by atoms with Crippen molar-refractivity contribution in [1.29, 1.82) is 0 Å². The molecule has 7 heteroatoms. The van der Waals surface area contributed by atoms with Gasteiger partial charge in [0, 0.05) is 5.38 Å². The van der Waals surface area contributed by atoms with Crippen molar-refractivity contribution < 1.29 is 14.3 Å². The number of esters is 1. The van der Waals surface area contributed by atoms with Crippen LogP contribution in [0.15, 0.2) is 47.2 Å². The molecule has 0 saturated heterocycles. The van der Waals surface area contributed by atoms with E-state index in [2.05, 4.69) is 17.2 Å². The highest BCUT2D eigenvalue weighted by molar-refractivity contribution is 7.20. The van der Waals surface area contributed by atoms with Crippen LogP contribution in [0.4, 0.5) is 0 Å². The lowest BCUT2D eigenvalue weighted by Gasteiger charge is -2.14. The first kappa shape index (κ1) is 19.3. The number of rotatable bonds is 7. The van der Waals surface area contributed by atoms with Gasteiger partial charge in [-0.05, 0) is 35.9 Å². The molecule has 3 rings (SSSR count). The summed E-state index contributed by atoms with van der Waals surface area (Å²) >= 11 is 2.94. The second-order valence-corrected chi connectivity index (χ2v) is 7.78. The number of hydrogen-bond donors (Lipinski definition) is 1. The van der Waals surface area contributed by atoms with E-state index in [1.807, 2.05) is 48.7 Å².